The van der Waals surface area contributed by atoms with Crippen molar-refractivity contribution in [1.82, 2.24) is 9.47 Å². The maximum absolute atomic E-state index is 12.0. The molecule has 1 rings (SSSR count). The predicted molar refractivity (Wildman–Crippen MR) is 65.1 cm³/mol. The summed E-state index contributed by atoms with van der Waals surface area (Å²) in [6.45, 7) is 5.71. The number of aryl methyl sites for hydroxylation is 1. The van der Waals surface area contributed by atoms with Crippen LogP contribution in [-0.4, -0.2) is 29.0 Å². The molecule has 0 atom stereocenters. The Morgan fingerprint density at radius 3 is 2.73 bits per heavy atom. The van der Waals surface area contributed by atoms with Crippen molar-refractivity contribution in [1.29, 1.82) is 0 Å². The van der Waals surface area contributed by atoms with Gasteiger partial charge < -0.3 is 9.47 Å². The minimum Gasteiger partial charge on any atom is -0.343 e. The molecule has 0 radical (unpaired) electrons. The molecule has 0 saturated heterocycles. The summed E-state index contributed by atoms with van der Waals surface area (Å²) in [6.07, 6.45) is 2.92. The van der Waals surface area contributed by atoms with Crippen molar-refractivity contribution in [3.63, 3.8) is 0 Å². The van der Waals surface area contributed by atoms with Gasteiger partial charge in [-0.05, 0) is 35.3 Å². The van der Waals surface area contributed by atoms with Crippen LogP contribution in [0.3, 0.4) is 0 Å². The predicted octanol–water partition coefficient (Wildman–Crippen LogP) is 2.75. The molecule has 0 saturated carbocycles. The van der Waals surface area contributed by atoms with E-state index in [2.05, 4.69) is 22.9 Å². The molecule has 1 heterocycles. The van der Waals surface area contributed by atoms with Crippen LogP contribution in [-0.2, 0) is 6.54 Å². The molecule has 0 fully saturated rings. The van der Waals surface area contributed by atoms with E-state index in [0.717, 1.165) is 29.7 Å². The average molecular weight is 273 g/mol. The van der Waals surface area contributed by atoms with Crippen LogP contribution in [0.5, 0.6) is 0 Å². The molecule has 0 unspecified atom stereocenters. The second kappa shape index (κ2) is 5.35. The zero-order chi connectivity index (χ0) is 11.4. The highest BCUT2D eigenvalue weighted by molar-refractivity contribution is 9.10. The summed E-state index contributed by atoms with van der Waals surface area (Å²) < 4.78 is 2.91. The molecule has 0 N–H and O–H groups in total. The van der Waals surface area contributed by atoms with Crippen LogP contribution in [0.15, 0.2) is 16.7 Å². The van der Waals surface area contributed by atoms with Crippen molar-refractivity contribution in [3.05, 3.63) is 22.4 Å². The first kappa shape index (κ1) is 12.3. The zero-order valence-corrected chi connectivity index (χ0v) is 11.0. The molecule has 3 nitrogen and oxygen atoms in total. The third-order valence-corrected chi connectivity index (χ3v) is 2.76. The molecule has 0 aliphatic carbocycles. The second-order valence-electron chi connectivity index (χ2n) is 3.56. The van der Waals surface area contributed by atoms with Crippen molar-refractivity contribution >= 4 is 21.8 Å². The van der Waals surface area contributed by atoms with Gasteiger partial charge in [0.15, 0.2) is 0 Å². The topological polar surface area (TPSA) is 25.2 Å². The average Bonchev–Trinajstić information content (AvgIpc) is 2.58. The summed E-state index contributed by atoms with van der Waals surface area (Å²) in [7, 11) is 1.84. The molecule has 1 aromatic heterocycles. The van der Waals surface area contributed by atoms with Gasteiger partial charge in [0.2, 0.25) is 0 Å². The standard InChI is InChI=1S/C11H17BrN2O/c1-4-6-13(3)11(15)10-7-9(12)8-14(10)5-2/h7-8H,4-6H2,1-3H3. The van der Waals surface area contributed by atoms with E-state index in [1.54, 1.807) is 4.90 Å². The molecule has 0 aromatic carbocycles. The third kappa shape index (κ3) is 2.84. The number of carbonyl (C=O) groups excluding carboxylic acids is 1. The van der Waals surface area contributed by atoms with Gasteiger partial charge in [-0.3, -0.25) is 4.79 Å². The van der Waals surface area contributed by atoms with E-state index in [1.807, 2.05) is 30.8 Å². The number of halogens is 1. The Morgan fingerprint density at radius 2 is 2.20 bits per heavy atom. The van der Waals surface area contributed by atoms with Gasteiger partial charge in [0.05, 0.1) is 0 Å². The van der Waals surface area contributed by atoms with Gasteiger partial charge in [-0.25, -0.2) is 0 Å². The van der Waals surface area contributed by atoms with E-state index in [-0.39, 0.29) is 5.91 Å². The van der Waals surface area contributed by atoms with E-state index in [9.17, 15) is 4.79 Å². The lowest BCUT2D eigenvalue weighted by atomic mass is 10.3. The van der Waals surface area contributed by atoms with Gasteiger partial charge >= 0.3 is 0 Å². The van der Waals surface area contributed by atoms with Crippen molar-refractivity contribution in [2.45, 2.75) is 26.8 Å². The quantitative estimate of drug-likeness (QED) is 0.828. The molecule has 84 valence electrons. The molecule has 0 spiro atoms. The maximum Gasteiger partial charge on any atom is 0.270 e. The van der Waals surface area contributed by atoms with Gasteiger partial charge in [-0.2, -0.15) is 0 Å². The van der Waals surface area contributed by atoms with Crippen LogP contribution in [0.2, 0.25) is 0 Å². The molecule has 0 aliphatic rings. The summed E-state index contributed by atoms with van der Waals surface area (Å²) in [4.78, 5) is 13.8. The number of carbonyl (C=O) groups is 1. The maximum atomic E-state index is 12.0. The normalized spacial score (nSPS) is 10.4. The Labute approximate surface area is 99.2 Å². The first-order valence-electron chi connectivity index (χ1n) is 5.21. The van der Waals surface area contributed by atoms with E-state index in [0.29, 0.717) is 0 Å². The smallest absolute Gasteiger partial charge is 0.270 e. The van der Waals surface area contributed by atoms with Crippen LogP contribution in [0.25, 0.3) is 0 Å². The lowest BCUT2D eigenvalue weighted by Crippen LogP contribution is -2.29. The fraction of sp³-hybridized carbons (Fsp3) is 0.545. The molecule has 1 amide bonds. The minimum absolute atomic E-state index is 0.0874. The Balaban J connectivity index is 2.89. The fourth-order valence-electron chi connectivity index (χ4n) is 1.55. The molecule has 1 aromatic rings. The highest BCUT2D eigenvalue weighted by Gasteiger charge is 2.15. The number of rotatable bonds is 4. The summed E-state index contributed by atoms with van der Waals surface area (Å²) in [5, 5.41) is 0. The number of hydrogen-bond donors (Lipinski definition) is 0. The van der Waals surface area contributed by atoms with E-state index in [4.69, 9.17) is 0 Å². The van der Waals surface area contributed by atoms with Gasteiger partial charge in [0.25, 0.3) is 5.91 Å². The van der Waals surface area contributed by atoms with E-state index in [1.165, 1.54) is 0 Å². The van der Waals surface area contributed by atoms with Crippen LogP contribution in [0, 0.1) is 0 Å². The first-order chi connectivity index (χ1) is 7.10. The van der Waals surface area contributed by atoms with Crippen LogP contribution in [0.1, 0.15) is 30.8 Å². The Morgan fingerprint density at radius 1 is 1.53 bits per heavy atom. The molecule has 15 heavy (non-hydrogen) atoms. The number of amides is 1. The van der Waals surface area contributed by atoms with Crippen LogP contribution >= 0.6 is 15.9 Å². The Hall–Kier alpha value is -0.770. The number of hydrogen-bond acceptors (Lipinski definition) is 1. The monoisotopic (exact) mass is 272 g/mol. The molecular weight excluding hydrogens is 256 g/mol. The third-order valence-electron chi connectivity index (χ3n) is 2.33. The lowest BCUT2D eigenvalue weighted by Gasteiger charge is -2.16. The van der Waals surface area contributed by atoms with Gasteiger partial charge in [-0.1, -0.05) is 6.92 Å². The minimum atomic E-state index is 0.0874. The summed E-state index contributed by atoms with van der Waals surface area (Å²) in [5.74, 6) is 0.0874. The van der Waals surface area contributed by atoms with E-state index >= 15 is 0 Å². The van der Waals surface area contributed by atoms with Crippen molar-refractivity contribution in [2.75, 3.05) is 13.6 Å². The van der Waals surface area contributed by atoms with Crippen molar-refractivity contribution in [3.8, 4) is 0 Å². The highest BCUT2D eigenvalue weighted by Crippen LogP contribution is 2.16. The Kier molecular flexibility index (Phi) is 4.39. The fourth-order valence-corrected chi connectivity index (χ4v) is 2.01. The van der Waals surface area contributed by atoms with Gasteiger partial charge in [-0.15, -0.1) is 0 Å². The second-order valence-corrected chi connectivity index (χ2v) is 4.47. The summed E-state index contributed by atoms with van der Waals surface area (Å²) in [5.41, 5.74) is 0.750. The molecular formula is C11H17BrN2O. The zero-order valence-electron chi connectivity index (χ0n) is 9.46. The molecule has 0 bridgehead atoms. The number of aromatic nitrogens is 1. The van der Waals surface area contributed by atoms with Crippen LogP contribution < -0.4 is 0 Å². The van der Waals surface area contributed by atoms with Crippen molar-refractivity contribution in [2.24, 2.45) is 0 Å². The van der Waals surface area contributed by atoms with Gasteiger partial charge in [0, 0.05) is 30.8 Å². The number of nitrogens with zero attached hydrogens (tertiary/aromatic N) is 2. The summed E-state index contributed by atoms with van der Waals surface area (Å²) in [6, 6.07) is 1.87. The highest BCUT2D eigenvalue weighted by atomic mass is 79.9. The SMILES string of the molecule is CCCN(C)C(=O)c1cc(Br)cn1CC. The molecule has 0 aliphatic heterocycles. The van der Waals surface area contributed by atoms with E-state index < -0.39 is 0 Å². The van der Waals surface area contributed by atoms with Gasteiger partial charge in [0.1, 0.15) is 5.69 Å². The lowest BCUT2D eigenvalue weighted by molar-refractivity contribution is 0.0784. The largest absolute Gasteiger partial charge is 0.343 e. The van der Waals surface area contributed by atoms with Crippen LogP contribution in [0.4, 0.5) is 0 Å². The summed E-state index contributed by atoms with van der Waals surface area (Å²) >= 11 is 3.39. The van der Waals surface area contributed by atoms with Crippen molar-refractivity contribution < 1.29 is 4.79 Å². The first-order valence-corrected chi connectivity index (χ1v) is 6.00. The Bertz CT molecular complexity index is 346. The molecule has 4 heteroatoms.